The van der Waals surface area contributed by atoms with E-state index in [1.807, 2.05) is 11.9 Å². The summed E-state index contributed by atoms with van der Waals surface area (Å²) >= 11 is 0. The Hall–Kier alpha value is -1.62. The maximum atomic E-state index is 12.8. The van der Waals surface area contributed by atoms with Crippen molar-refractivity contribution >= 4 is 11.6 Å². The second kappa shape index (κ2) is 5.14. The lowest BCUT2D eigenvalue weighted by atomic mass is 10.0. The van der Waals surface area contributed by atoms with Crippen molar-refractivity contribution in [1.29, 1.82) is 0 Å². The number of nitrogens with two attached hydrogens (primary N) is 1. The number of hydrogen-bond acceptors (Lipinski definition) is 3. The predicted molar refractivity (Wildman–Crippen MR) is 66.3 cm³/mol. The summed E-state index contributed by atoms with van der Waals surface area (Å²) in [4.78, 5) is 13.2. The van der Waals surface area contributed by atoms with Gasteiger partial charge in [-0.05, 0) is 38.2 Å². The van der Waals surface area contributed by atoms with Crippen LogP contribution in [0.3, 0.4) is 0 Å². The molecule has 3 N–H and O–H groups in total. The molecule has 0 saturated carbocycles. The Morgan fingerprint density at radius 2 is 2.00 bits per heavy atom. The van der Waals surface area contributed by atoms with Crippen LogP contribution in [0, 0.1) is 5.82 Å². The summed E-state index contributed by atoms with van der Waals surface area (Å²) < 4.78 is 12.8. The number of carbonyl (C=O) groups is 1. The molecule has 4 nitrogen and oxygen atoms in total. The maximum absolute atomic E-state index is 12.8. The molecular formula is C12H18FN3O. The summed E-state index contributed by atoms with van der Waals surface area (Å²) in [5.74, 6) is -0.706. The first-order valence-electron chi connectivity index (χ1n) is 5.34. The first kappa shape index (κ1) is 13.4. The van der Waals surface area contributed by atoms with Gasteiger partial charge in [-0.15, -0.1) is 0 Å². The molecule has 1 atom stereocenters. The summed E-state index contributed by atoms with van der Waals surface area (Å²) in [6, 6.07) is 6.08. The van der Waals surface area contributed by atoms with Crippen LogP contribution in [0.2, 0.25) is 0 Å². The van der Waals surface area contributed by atoms with Crippen LogP contribution in [0.1, 0.15) is 6.92 Å². The lowest BCUT2D eigenvalue weighted by molar-refractivity contribution is -0.123. The van der Waals surface area contributed by atoms with Crippen molar-refractivity contribution in [2.75, 3.05) is 25.5 Å². The first-order valence-corrected chi connectivity index (χ1v) is 5.34. The van der Waals surface area contributed by atoms with Crippen LogP contribution >= 0.6 is 0 Å². The Kier molecular flexibility index (Phi) is 4.07. The highest BCUT2D eigenvalue weighted by atomic mass is 19.1. The number of anilines is 1. The summed E-state index contributed by atoms with van der Waals surface area (Å²) in [5.41, 5.74) is 5.36. The summed E-state index contributed by atoms with van der Waals surface area (Å²) in [5, 5.41) is 2.90. The van der Waals surface area contributed by atoms with Gasteiger partial charge in [0.2, 0.25) is 5.91 Å². The second-order valence-electron chi connectivity index (χ2n) is 4.28. The van der Waals surface area contributed by atoms with Gasteiger partial charge in [0, 0.05) is 19.3 Å². The number of rotatable bonds is 5. The molecule has 1 rings (SSSR count). The third-order valence-electron chi connectivity index (χ3n) is 2.92. The van der Waals surface area contributed by atoms with Gasteiger partial charge in [-0.25, -0.2) is 4.39 Å². The van der Waals surface area contributed by atoms with Gasteiger partial charge in [-0.1, -0.05) is 0 Å². The van der Waals surface area contributed by atoms with Crippen LogP contribution in [0.15, 0.2) is 24.3 Å². The third-order valence-corrected chi connectivity index (χ3v) is 2.92. The fourth-order valence-electron chi connectivity index (χ4n) is 1.54. The van der Waals surface area contributed by atoms with Crippen LogP contribution < -0.4 is 16.0 Å². The van der Waals surface area contributed by atoms with Crippen molar-refractivity contribution in [1.82, 2.24) is 5.32 Å². The van der Waals surface area contributed by atoms with Gasteiger partial charge in [0.05, 0.1) is 0 Å². The average Bonchev–Trinajstić information content (AvgIpc) is 2.29. The molecule has 0 heterocycles. The maximum Gasteiger partial charge on any atom is 0.239 e. The van der Waals surface area contributed by atoms with Crippen LogP contribution in [-0.4, -0.2) is 32.1 Å². The van der Waals surface area contributed by atoms with E-state index in [-0.39, 0.29) is 5.82 Å². The van der Waals surface area contributed by atoms with Crippen LogP contribution in [-0.2, 0) is 4.79 Å². The van der Waals surface area contributed by atoms with E-state index in [0.717, 1.165) is 5.69 Å². The minimum absolute atomic E-state index is 0.284. The van der Waals surface area contributed by atoms with E-state index in [1.165, 1.54) is 12.1 Å². The number of halogens is 1. The van der Waals surface area contributed by atoms with Gasteiger partial charge in [-0.3, -0.25) is 4.79 Å². The minimum atomic E-state index is -0.816. The van der Waals surface area contributed by atoms with E-state index < -0.39 is 11.4 Å². The molecule has 1 aromatic rings. The predicted octanol–water partition coefficient (Wildman–Crippen LogP) is 0.725. The smallest absolute Gasteiger partial charge is 0.239 e. The molecule has 0 aromatic heterocycles. The van der Waals surface area contributed by atoms with Gasteiger partial charge < -0.3 is 16.0 Å². The van der Waals surface area contributed by atoms with Gasteiger partial charge in [0.25, 0.3) is 0 Å². The number of primary amides is 1. The lowest BCUT2D eigenvalue weighted by Crippen LogP contribution is -2.58. The van der Waals surface area contributed by atoms with E-state index in [2.05, 4.69) is 5.32 Å². The molecular weight excluding hydrogens is 221 g/mol. The molecule has 17 heavy (non-hydrogen) atoms. The van der Waals surface area contributed by atoms with Gasteiger partial charge in [0.15, 0.2) is 0 Å². The summed E-state index contributed by atoms with van der Waals surface area (Å²) in [6.45, 7) is 2.14. The third kappa shape index (κ3) is 3.17. The Morgan fingerprint density at radius 3 is 2.41 bits per heavy atom. The fourth-order valence-corrected chi connectivity index (χ4v) is 1.54. The van der Waals surface area contributed by atoms with E-state index >= 15 is 0 Å². The van der Waals surface area contributed by atoms with Crippen molar-refractivity contribution in [3.8, 4) is 0 Å². The van der Waals surface area contributed by atoms with E-state index in [4.69, 9.17) is 5.73 Å². The monoisotopic (exact) mass is 239 g/mol. The Bertz CT molecular complexity index is 393. The Balaban J connectivity index is 2.81. The first-order chi connectivity index (χ1) is 7.89. The topological polar surface area (TPSA) is 58.4 Å². The number of amides is 1. The molecule has 0 saturated heterocycles. The standard InChI is InChI=1S/C12H18FN3O/c1-12(15-2,11(14)17)8-16(3)10-6-4-9(13)5-7-10/h4-7,15H,8H2,1-3H3,(H2,14,17). The highest BCUT2D eigenvalue weighted by Crippen LogP contribution is 2.16. The van der Waals surface area contributed by atoms with E-state index in [9.17, 15) is 9.18 Å². The zero-order chi connectivity index (χ0) is 13.1. The normalized spacial score (nSPS) is 14.1. The highest BCUT2D eigenvalue weighted by molar-refractivity contribution is 5.85. The molecule has 0 fully saturated rings. The lowest BCUT2D eigenvalue weighted by Gasteiger charge is -2.31. The van der Waals surface area contributed by atoms with E-state index in [0.29, 0.717) is 6.54 Å². The molecule has 0 aliphatic rings. The minimum Gasteiger partial charge on any atom is -0.372 e. The molecule has 94 valence electrons. The number of nitrogens with zero attached hydrogens (tertiary/aromatic N) is 1. The molecule has 0 bridgehead atoms. The summed E-state index contributed by atoms with van der Waals surface area (Å²) in [6.07, 6.45) is 0. The zero-order valence-electron chi connectivity index (χ0n) is 10.3. The second-order valence-corrected chi connectivity index (χ2v) is 4.28. The number of benzene rings is 1. The molecule has 1 unspecified atom stereocenters. The van der Waals surface area contributed by atoms with Crippen molar-refractivity contribution in [2.45, 2.75) is 12.5 Å². The number of hydrogen-bond donors (Lipinski definition) is 2. The van der Waals surface area contributed by atoms with Crippen LogP contribution in [0.25, 0.3) is 0 Å². The molecule has 0 aliphatic heterocycles. The van der Waals surface area contributed by atoms with Crippen molar-refractivity contribution in [2.24, 2.45) is 5.73 Å². The highest BCUT2D eigenvalue weighted by Gasteiger charge is 2.30. The average molecular weight is 239 g/mol. The van der Waals surface area contributed by atoms with Gasteiger partial charge >= 0.3 is 0 Å². The molecule has 1 aromatic carbocycles. The number of nitrogens with one attached hydrogen (secondary N) is 1. The van der Waals surface area contributed by atoms with Crippen molar-refractivity contribution in [3.63, 3.8) is 0 Å². The summed E-state index contributed by atoms with van der Waals surface area (Å²) in [7, 11) is 3.51. The van der Waals surface area contributed by atoms with Crippen LogP contribution in [0.5, 0.6) is 0 Å². The quantitative estimate of drug-likeness (QED) is 0.796. The number of likely N-dealkylation sites (N-methyl/N-ethyl adjacent to an activating group) is 2. The van der Waals surface area contributed by atoms with E-state index in [1.54, 1.807) is 26.1 Å². The van der Waals surface area contributed by atoms with Crippen LogP contribution in [0.4, 0.5) is 10.1 Å². The van der Waals surface area contributed by atoms with Gasteiger partial charge in [0.1, 0.15) is 11.4 Å². The molecule has 0 aliphatic carbocycles. The van der Waals surface area contributed by atoms with Crippen molar-refractivity contribution in [3.05, 3.63) is 30.1 Å². The molecule has 0 radical (unpaired) electrons. The molecule has 5 heteroatoms. The SMILES string of the molecule is CNC(C)(CN(C)c1ccc(F)cc1)C(N)=O. The Morgan fingerprint density at radius 1 is 1.47 bits per heavy atom. The van der Waals surface area contributed by atoms with Crippen molar-refractivity contribution < 1.29 is 9.18 Å². The Labute approximate surface area is 101 Å². The fraction of sp³-hybridized carbons (Fsp3) is 0.417. The van der Waals surface area contributed by atoms with Gasteiger partial charge in [-0.2, -0.15) is 0 Å². The molecule has 1 amide bonds. The number of carbonyl (C=O) groups excluding carboxylic acids is 1. The largest absolute Gasteiger partial charge is 0.372 e. The molecule has 0 spiro atoms. The zero-order valence-corrected chi connectivity index (χ0v) is 10.3.